The molecule has 0 aliphatic rings. The van der Waals surface area contributed by atoms with Crippen LogP contribution in [0.15, 0.2) is 5.38 Å². The van der Waals surface area contributed by atoms with E-state index in [1.807, 2.05) is 0 Å². The van der Waals surface area contributed by atoms with Crippen LogP contribution in [0.25, 0.3) is 0 Å². The van der Waals surface area contributed by atoms with Gasteiger partial charge in [-0.1, -0.05) is 0 Å². The molecule has 0 spiro atoms. The second kappa shape index (κ2) is 8.57. The van der Waals surface area contributed by atoms with Crippen LogP contribution >= 0.6 is 11.3 Å². The normalized spacial score (nSPS) is 10.4. The molecule has 106 valence electrons. The van der Waals surface area contributed by atoms with Crippen molar-refractivity contribution in [1.82, 2.24) is 15.6 Å². The number of hydrogen-bond donors (Lipinski definition) is 3. The summed E-state index contributed by atoms with van der Waals surface area (Å²) in [5.41, 5.74) is 0.0487. The number of ether oxygens (including phenoxy) is 1. The Morgan fingerprint density at radius 1 is 1.47 bits per heavy atom. The van der Waals surface area contributed by atoms with Gasteiger partial charge in [0.2, 0.25) is 5.91 Å². The smallest absolute Gasteiger partial charge is 0.355 e. The van der Waals surface area contributed by atoms with Gasteiger partial charge >= 0.3 is 5.97 Å². The average Bonchev–Trinajstić information content (AvgIpc) is 2.84. The predicted octanol–water partition coefficient (Wildman–Crippen LogP) is -0.264. The number of nitrogens with one attached hydrogen (secondary N) is 2. The molecule has 1 rings (SSSR count). The topological polar surface area (TPSA) is 101 Å². The van der Waals surface area contributed by atoms with Gasteiger partial charge < -0.3 is 20.5 Å². The number of rotatable bonds is 9. The minimum Gasteiger partial charge on any atom is -0.476 e. The zero-order valence-corrected chi connectivity index (χ0v) is 11.5. The monoisotopic (exact) mass is 287 g/mol. The summed E-state index contributed by atoms with van der Waals surface area (Å²) in [4.78, 5) is 25.9. The molecule has 0 saturated heterocycles. The van der Waals surface area contributed by atoms with E-state index in [1.165, 1.54) is 16.7 Å². The quantitative estimate of drug-likeness (QED) is 0.541. The van der Waals surface area contributed by atoms with E-state index in [2.05, 4.69) is 15.6 Å². The summed E-state index contributed by atoms with van der Waals surface area (Å²) in [6, 6.07) is 0. The number of amides is 1. The summed E-state index contributed by atoms with van der Waals surface area (Å²) >= 11 is 1.28. The fourth-order valence-corrected chi connectivity index (χ4v) is 2.04. The lowest BCUT2D eigenvalue weighted by Gasteiger charge is -2.05. The van der Waals surface area contributed by atoms with Crippen LogP contribution in [0.3, 0.4) is 0 Å². The number of carboxylic acid groups (broad SMARTS) is 1. The number of carboxylic acids is 1. The maximum atomic E-state index is 11.4. The van der Waals surface area contributed by atoms with Crippen molar-refractivity contribution < 1.29 is 19.4 Å². The highest BCUT2D eigenvalue weighted by molar-refractivity contribution is 7.09. The lowest BCUT2D eigenvalue weighted by molar-refractivity contribution is -0.120. The number of carbonyl (C=O) groups excluding carboxylic acids is 1. The molecule has 1 aromatic heterocycles. The van der Waals surface area contributed by atoms with E-state index in [0.717, 1.165) is 0 Å². The van der Waals surface area contributed by atoms with Crippen LogP contribution in [0.2, 0.25) is 0 Å². The van der Waals surface area contributed by atoms with Crippen LogP contribution in [-0.2, 0) is 16.0 Å². The summed E-state index contributed by atoms with van der Waals surface area (Å²) in [6.07, 6.45) is 0.530. The largest absolute Gasteiger partial charge is 0.476 e. The summed E-state index contributed by atoms with van der Waals surface area (Å²) in [5.74, 6) is -1.14. The molecule has 0 bridgehead atoms. The fraction of sp³-hybridized carbons (Fsp3) is 0.545. The third kappa shape index (κ3) is 6.27. The van der Waals surface area contributed by atoms with Crippen LogP contribution in [0.5, 0.6) is 0 Å². The standard InChI is InChI=1S/C11H17N3O4S/c1-18-5-4-12-6-9(15)13-3-2-10-14-8(7-19-10)11(16)17/h7,12H,2-6H2,1H3,(H,13,15)(H,16,17). The molecule has 8 heteroatoms. The van der Waals surface area contributed by atoms with Crippen LogP contribution in [-0.4, -0.2) is 55.3 Å². The van der Waals surface area contributed by atoms with Crippen molar-refractivity contribution in [2.45, 2.75) is 6.42 Å². The molecule has 7 nitrogen and oxygen atoms in total. The molecule has 3 N–H and O–H groups in total. The van der Waals surface area contributed by atoms with Gasteiger partial charge in [-0.05, 0) is 0 Å². The number of aromatic nitrogens is 1. The summed E-state index contributed by atoms with van der Waals surface area (Å²) in [5, 5.41) is 16.5. The number of nitrogens with zero attached hydrogens (tertiary/aromatic N) is 1. The van der Waals surface area contributed by atoms with Crippen molar-refractivity contribution >= 4 is 23.2 Å². The van der Waals surface area contributed by atoms with E-state index >= 15 is 0 Å². The second-order valence-corrected chi connectivity index (χ2v) is 4.64. The summed E-state index contributed by atoms with van der Waals surface area (Å²) in [6.45, 7) is 1.86. The highest BCUT2D eigenvalue weighted by Crippen LogP contribution is 2.09. The second-order valence-electron chi connectivity index (χ2n) is 3.70. The first-order valence-electron chi connectivity index (χ1n) is 5.77. The summed E-state index contributed by atoms with van der Waals surface area (Å²) < 4.78 is 4.84. The Labute approximate surface area is 115 Å². The average molecular weight is 287 g/mol. The van der Waals surface area contributed by atoms with Crippen molar-refractivity contribution in [1.29, 1.82) is 0 Å². The van der Waals surface area contributed by atoms with Crippen molar-refractivity contribution in [3.05, 3.63) is 16.1 Å². The minimum atomic E-state index is -1.03. The van der Waals surface area contributed by atoms with E-state index in [0.29, 0.717) is 31.1 Å². The van der Waals surface area contributed by atoms with Crippen molar-refractivity contribution in [2.75, 3.05) is 33.4 Å². The van der Waals surface area contributed by atoms with E-state index in [9.17, 15) is 9.59 Å². The molecular weight excluding hydrogens is 270 g/mol. The van der Waals surface area contributed by atoms with Gasteiger partial charge in [0, 0.05) is 32.0 Å². The molecule has 0 fully saturated rings. The predicted molar refractivity (Wildman–Crippen MR) is 70.5 cm³/mol. The van der Waals surface area contributed by atoms with Gasteiger partial charge in [0.25, 0.3) is 0 Å². The number of thiazole rings is 1. The number of carbonyl (C=O) groups is 2. The molecule has 0 aliphatic heterocycles. The molecule has 0 atom stereocenters. The third-order valence-electron chi connectivity index (χ3n) is 2.20. The lowest BCUT2D eigenvalue weighted by atomic mass is 10.4. The molecule has 0 saturated carbocycles. The lowest BCUT2D eigenvalue weighted by Crippen LogP contribution is -2.36. The SMILES string of the molecule is COCCNCC(=O)NCCc1nc(C(=O)O)cs1. The van der Waals surface area contributed by atoms with E-state index in [4.69, 9.17) is 9.84 Å². The van der Waals surface area contributed by atoms with Gasteiger partial charge in [-0.3, -0.25) is 4.79 Å². The Morgan fingerprint density at radius 3 is 2.89 bits per heavy atom. The Balaban J connectivity index is 2.15. The van der Waals surface area contributed by atoms with Crippen LogP contribution in [0.1, 0.15) is 15.5 Å². The van der Waals surface area contributed by atoms with Crippen molar-refractivity contribution in [2.24, 2.45) is 0 Å². The van der Waals surface area contributed by atoms with Gasteiger partial charge in [-0.15, -0.1) is 11.3 Å². The molecule has 0 aromatic carbocycles. The Bertz CT molecular complexity index is 422. The van der Waals surface area contributed by atoms with E-state index in [-0.39, 0.29) is 18.1 Å². The molecule has 1 heterocycles. The fourth-order valence-electron chi connectivity index (χ4n) is 1.27. The van der Waals surface area contributed by atoms with Gasteiger partial charge in [-0.2, -0.15) is 0 Å². The third-order valence-corrected chi connectivity index (χ3v) is 3.11. The molecular formula is C11H17N3O4S. The first-order valence-corrected chi connectivity index (χ1v) is 6.65. The van der Waals surface area contributed by atoms with Crippen LogP contribution in [0.4, 0.5) is 0 Å². The van der Waals surface area contributed by atoms with E-state index < -0.39 is 5.97 Å². The number of aromatic carboxylic acids is 1. The zero-order valence-electron chi connectivity index (χ0n) is 10.6. The highest BCUT2D eigenvalue weighted by Gasteiger charge is 2.08. The molecule has 0 aliphatic carbocycles. The number of methoxy groups -OCH3 is 1. The van der Waals surface area contributed by atoms with Gasteiger partial charge in [0.1, 0.15) is 0 Å². The van der Waals surface area contributed by atoms with E-state index in [1.54, 1.807) is 7.11 Å². The van der Waals surface area contributed by atoms with Gasteiger partial charge in [-0.25, -0.2) is 9.78 Å². The highest BCUT2D eigenvalue weighted by atomic mass is 32.1. The Morgan fingerprint density at radius 2 is 2.26 bits per heavy atom. The molecule has 0 radical (unpaired) electrons. The Hall–Kier alpha value is -1.51. The van der Waals surface area contributed by atoms with Gasteiger partial charge in [0.05, 0.1) is 18.2 Å². The minimum absolute atomic E-state index is 0.0487. The molecule has 19 heavy (non-hydrogen) atoms. The van der Waals surface area contributed by atoms with Gasteiger partial charge in [0.15, 0.2) is 5.69 Å². The number of hydrogen-bond acceptors (Lipinski definition) is 6. The zero-order chi connectivity index (χ0) is 14.1. The summed E-state index contributed by atoms with van der Waals surface area (Å²) in [7, 11) is 1.60. The van der Waals surface area contributed by atoms with Crippen molar-refractivity contribution in [3.63, 3.8) is 0 Å². The van der Waals surface area contributed by atoms with Crippen molar-refractivity contribution in [3.8, 4) is 0 Å². The molecule has 1 aromatic rings. The van der Waals surface area contributed by atoms with Crippen LogP contribution < -0.4 is 10.6 Å². The molecule has 1 amide bonds. The first-order chi connectivity index (χ1) is 9.13. The van der Waals surface area contributed by atoms with Crippen LogP contribution in [0, 0.1) is 0 Å². The maximum Gasteiger partial charge on any atom is 0.355 e. The molecule has 0 unspecified atom stereocenters. The Kier molecular flexibility index (Phi) is 7.01. The first kappa shape index (κ1) is 15.5. The maximum absolute atomic E-state index is 11.4.